The van der Waals surface area contributed by atoms with Crippen molar-refractivity contribution in [2.75, 3.05) is 66.6 Å². The summed E-state index contributed by atoms with van der Waals surface area (Å²) in [7, 11) is 4.12. The van der Waals surface area contributed by atoms with E-state index in [0.717, 1.165) is 57.7 Å². The largest absolute Gasteiger partial charge is 0.492 e. The number of aryl methyl sites for hydroxylation is 1. The predicted molar refractivity (Wildman–Crippen MR) is 125 cm³/mol. The van der Waals surface area contributed by atoms with Crippen molar-refractivity contribution in [1.82, 2.24) is 14.7 Å². The minimum atomic E-state index is 0.0376. The first-order valence-electron chi connectivity index (χ1n) is 11.8. The number of carbonyl (C=O) groups is 1. The monoisotopic (exact) mass is 431 g/mol. The summed E-state index contributed by atoms with van der Waals surface area (Å²) < 4.78 is 6.12. The van der Waals surface area contributed by atoms with Crippen molar-refractivity contribution in [3.05, 3.63) is 28.3 Å². The highest BCUT2D eigenvalue weighted by Crippen LogP contribution is 2.38. The van der Waals surface area contributed by atoms with E-state index in [2.05, 4.69) is 50.7 Å². The third-order valence-corrected chi connectivity index (χ3v) is 7.23. The van der Waals surface area contributed by atoms with Gasteiger partial charge < -0.3 is 19.6 Å². The third kappa shape index (κ3) is 5.79. The summed E-state index contributed by atoms with van der Waals surface area (Å²) in [6.45, 7) is 12.2. The molecule has 6 heteroatoms. The number of ether oxygens (including phenoxy) is 1. The quantitative estimate of drug-likeness (QED) is 0.683. The van der Waals surface area contributed by atoms with Gasteiger partial charge in [-0.2, -0.15) is 0 Å². The van der Waals surface area contributed by atoms with Crippen LogP contribution in [0.5, 0.6) is 5.75 Å². The molecule has 0 radical (unpaired) electrons. The van der Waals surface area contributed by atoms with E-state index >= 15 is 0 Å². The number of piperazine rings is 1. The number of rotatable bonds is 8. The van der Waals surface area contributed by atoms with Gasteiger partial charge in [-0.3, -0.25) is 9.69 Å². The molecule has 2 unspecified atom stereocenters. The summed E-state index contributed by atoms with van der Waals surface area (Å²) in [5.41, 5.74) is 5.44. The highest BCUT2D eigenvalue weighted by Gasteiger charge is 2.33. The minimum absolute atomic E-state index is 0.0376. The van der Waals surface area contributed by atoms with E-state index in [1.807, 2.05) is 4.90 Å². The number of fused-ring (bicyclic) bond motifs is 1. The van der Waals surface area contributed by atoms with Gasteiger partial charge in [0, 0.05) is 45.2 Å². The van der Waals surface area contributed by atoms with Crippen LogP contribution in [0.2, 0.25) is 0 Å². The Hall–Kier alpha value is -1.63. The molecule has 1 aliphatic heterocycles. The van der Waals surface area contributed by atoms with Gasteiger partial charge >= 0.3 is 0 Å². The van der Waals surface area contributed by atoms with Crippen molar-refractivity contribution in [2.24, 2.45) is 11.8 Å². The fourth-order valence-corrected chi connectivity index (χ4v) is 5.06. The molecule has 0 aromatic heterocycles. The number of aliphatic hydroxyl groups is 1. The van der Waals surface area contributed by atoms with Gasteiger partial charge in [0.05, 0.1) is 6.61 Å². The van der Waals surface area contributed by atoms with Crippen LogP contribution in [0.4, 0.5) is 0 Å². The lowest BCUT2D eigenvalue weighted by Gasteiger charge is -2.38. The van der Waals surface area contributed by atoms with Crippen LogP contribution in [-0.4, -0.2) is 92.3 Å². The predicted octanol–water partition coefficient (Wildman–Crippen LogP) is 2.12. The highest BCUT2D eigenvalue weighted by atomic mass is 16.5. The molecule has 1 fully saturated rings. The zero-order chi connectivity index (χ0) is 22.5. The van der Waals surface area contributed by atoms with Gasteiger partial charge in [0.2, 0.25) is 5.91 Å². The summed E-state index contributed by atoms with van der Waals surface area (Å²) in [5.74, 6) is 1.71. The molecule has 2 atom stereocenters. The number of hydrogen-bond donors (Lipinski definition) is 1. The van der Waals surface area contributed by atoms with Gasteiger partial charge in [-0.15, -0.1) is 0 Å². The molecule has 3 rings (SSSR count). The van der Waals surface area contributed by atoms with Crippen molar-refractivity contribution in [1.29, 1.82) is 0 Å². The van der Waals surface area contributed by atoms with E-state index in [9.17, 15) is 4.79 Å². The van der Waals surface area contributed by atoms with Gasteiger partial charge in [-0.1, -0.05) is 6.92 Å². The first kappa shape index (κ1) is 24.0. The average Bonchev–Trinajstić information content (AvgIpc) is 2.76. The molecule has 6 nitrogen and oxygen atoms in total. The Morgan fingerprint density at radius 2 is 1.94 bits per heavy atom. The molecule has 0 saturated carbocycles. The van der Waals surface area contributed by atoms with Crippen LogP contribution in [-0.2, 0) is 17.6 Å². The number of β-amino-alcohol motifs (C(OH)–C–C–N with tert-alkyl or cyclic N) is 1. The summed E-state index contributed by atoms with van der Waals surface area (Å²) in [6.07, 6.45) is 3.09. The van der Waals surface area contributed by atoms with E-state index in [1.54, 1.807) is 0 Å². The number of benzene rings is 1. The standard InChI is InChI=1S/C25H41N3O3/c1-18-16-24(31-15-13-26(4)5)20(3)23-17-21(6-7-22(18)23)19(2)25(30)28-10-8-27(9-11-28)12-14-29/h16,19,21,29H,6-15,17H2,1-5H3. The molecular weight excluding hydrogens is 390 g/mol. The maximum absolute atomic E-state index is 13.2. The Labute approximate surface area is 188 Å². The zero-order valence-electron chi connectivity index (χ0n) is 20.1. The van der Waals surface area contributed by atoms with E-state index < -0.39 is 0 Å². The van der Waals surface area contributed by atoms with Crippen LogP contribution < -0.4 is 4.74 Å². The Kier molecular flexibility index (Phi) is 8.36. The second-order valence-corrected chi connectivity index (χ2v) is 9.61. The summed E-state index contributed by atoms with van der Waals surface area (Å²) in [6, 6.07) is 2.20. The number of hydrogen-bond acceptors (Lipinski definition) is 5. The first-order valence-corrected chi connectivity index (χ1v) is 11.8. The number of carbonyl (C=O) groups excluding carboxylic acids is 1. The molecule has 1 saturated heterocycles. The van der Waals surface area contributed by atoms with Gasteiger partial charge in [-0.05, 0) is 81.4 Å². The van der Waals surface area contributed by atoms with Crippen molar-refractivity contribution in [3.8, 4) is 5.75 Å². The molecule has 1 heterocycles. The summed E-state index contributed by atoms with van der Waals surface area (Å²) in [4.78, 5) is 19.6. The Balaban J connectivity index is 1.66. The molecule has 1 aliphatic carbocycles. The average molecular weight is 432 g/mol. The van der Waals surface area contributed by atoms with Gasteiger partial charge in [-0.25, -0.2) is 0 Å². The fourth-order valence-electron chi connectivity index (χ4n) is 5.06. The van der Waals surface area contributed by atoms with Gasteiger partial charge in [0.1, 0.15) is 12.4 Å². The highest BCUT2D eigenvalue weighted by molar-refractivity contribution is 5.79. The molecule has 0 bridgehead atoms. The van der Waals surface area contributed by atoms with Crippen LogP contribution in [0.25, 0.3) is 0 Å². The maximum atomic E-state index is 13.2. The molecule has 31 heavy (non-hydrogen) atoms. The normalized spacial score (nSPS) is 20.6. The molecule has 174 valence electrons. The van der Waals surface area contributed by atoms with Gasteiger partial charge in [0.25, 0.3) is 0 Å². The van der Waals surface area contributed by atoms with Crippen LogP contribution in [0.3, 0.4) is 0 Å². The first-order chi connectivity index (χ1) is 14.8. The lowest BCUT2D eigenvalue weighted by Crippen LogP contribution is -2.51. The van der Waals surface area contributed by atoms with E-state index in [4.69, 9.17) is 9.84 Å². The van der Waals surface area contributed by atoms with Gasteiger partial charge in [0.15, 0.2) is 0 Å². The number of amides is 1. The molecule has 2 aliphatic rings. The number of likely N-dealkylation sites (N-methyl/N-ethyl adjacent to an activating group) is 1. The molecule has 1 aromatic carbocycles. The molecule has 0 spiro atoms. The Bertz CT molecular complexity index is 757. The van der Waals surface area contributed by atoms with Crippen LogP contribution in [0, 0.1) is 25.7 Å². The van der Waals surface area contributed by atoms with Crippen molar-refractivity contribution in [3.63, 3.8) is 0 Å². The molecule has 1 aromatic rings. The molecule has 1 N–H and O–H groups in total. The van der Waals surface area contributed by atoms with E-state index in [1.165, 1.54) is 22.3 Å². The second kappa shape index (κ2) is 10.8. The number of nitrogens with zero attached hydrogens (tertiary/aromatic N) is 3. The van der Waals surface area contributed by atoms with Crippen LogP contribution >= 0.6 is 0 Å². The second-order valence-electron chi connectivity index (χ2n) is 9.61. The Morgan fingerprint density at radius 1 is 1.23 bits per heavy atom. The fraction of sp³-hybridized carbons (Fsp3) is 0.720. The smallest absolute Gasteiger partial charge is 0.225 e. The third-order valence-electron chi connectivity index (χ3n) is 7.23. The molecular formula is C25H41N3O3. The molecule has 1 amide bonds. The lowest BCUT2D eigenvalue weighted by molar-refractivity contribution is -0.138. The maximum Gasteiger partial charge on any atom is 0.225 e. The van der Waals surface area contributed by atoms with E-state index in [0.29, 0.717) is 25.0 Å². The summed E-state index contributed by atoms with van der Waals surface area (Å²) >= 11 is 0. The van der Waals surface area contributed by atoms with E-state index in [-0.39, 0.29) is 12.5 Å². The van der Waals surface area contributed by atoms with Crippen molar-refractivity contribution >= 4 is 5.91 Å². The zero-order valence-corrected chi connectivity index (χ0v) is 20.1. The Morgan fingerprint density at radius 3 is 2.58 bits per heavy atom. The topological polar surface area (TPSA) is 56.2 Å². The minimum Gasteiger partial charge on any atom is -0.492 e. The van der Waals surface area contributed by atoms with Crippen LogP contribution in [0.1, 0.15) is 35.6 Å². The lowest BCUT2D eigenvalue weighted by atomic mass is 9.74. The van der Waals surface area contributed by atoms with Crippen molar-refractivity contribution < 1.29 is 14.6 Å². The summed E-state index contributed by atoms with van der Waals surface area (Å²) in [5, 5.41) is 9.13. The van der Waals surface area contributed by atoms with Crippen molar-refractivity contribution in [2.45, 2.75) is 40.0 Å². The van der Waals surface area contributed by atoms with Crippen LogP contribution in [0.15, 0.2) is 6.07 Å². The number of aliphatic hydroxyl groups excluding tert-OH is 1. The SMILES string of the molecule is Cc1cc(OCCN(C)C)c(C)c2c1CCC(C(C)C(=O)N1CCN(CCO)CC1)C2.